The van der Waals surface area contributed by atoms with Crippen LogP contribution in [0.1, 0.15) is 24.0 Å². The summed E-state index contributed by atoms with van der Waals surface area (Å²) in [6.45, 7) is 3.41. The summed E-state index contributed by atoms with van der Waals surface area (Å²) >= 11 is 5.88. The van der Waals surface area contributed by atoms with Crippen LogP contribution in [0.15, 0.2) is 6.07 Å². The molecule has 0 saturated carbocycles. The Morgan fingerprint density at radius 1 is 1.50 bits per heavy atom. The summed E-state index contributed by atoms with van der Waals surface area (Å²) < 4.78 is 7.32. The zero-order valence-corrected chi connectivity index (χ0v) is 9.61. The monoisotopic (exact) mass is 238 g/mol. The van der Waals surface area contributed by atoms with Crippen LogP contribution in [0.25, 0.3) is 5.65 Å². The molecule has 6 heteroatoms. The maximum Gasteiger partial charge on any atom is 0.165 e. The first-order valence-electron chi connectivity index (χ1n) is 5.21. The molecule has 0 bridgehead atoms. The smallest absolute Gasteiger partial charge is 0.165 e. The maximum absolute atomic E-state index is 5.88. The summed E-state index contributed by atoms with van der Waals surface area (Å²) in [7, 11) is 0. The van der Waals surface area contributed by atoms with Crippen LogP contribution in [0.4, 0.5) is 0 Å². The van der Waals surface area contributed by atoms with Crippen molar-refractivity contribution in [2.45, 2.75) is 19.3 Å². The minimum Gasteiger partial charge on any atom is -0.381 e. The van der Waals surface area contributed by atoms with Crippen LogP contribution < -0.4 is 0 Å². The van der Waals surface area contributed by atoms with Crippen LogP contribution >= 0.6 is 11.6 Å². The van der Waals surface area contributed by atoms with Crippen molar-refractivity contribution in [1.82, 2.24) is 19.6 Å². The number of ether oxygens (including phenoxy) is 1. The van der Waals surface area contributed by atoms with E-state index in [0.29, 0.717) is 17.7 Å². The van der Waals surface area contributed by atoms with Gasteiger partial charge in [-0.05, 0) is 13.3 Å². The predicted molar refractivity (Wildman–Crippen MR) is 58.7 cm³/mol. The van der Waals surface area contributed by atoms with E-state index in [9.17, 15) is 0 Å². The van der Waals surface area contributed by atoms with E-state index in [-0.39, 0.29) is 0 Å². The van der Waals surface area contributed by atoms with Crippen LogP contribution in [0.5, 0.6) is 0 Å². The molecule has 0 aliphatic carbocycles. The second kappa shape index (κ2) is 3.68. The summed E-state index contributed by atoms with van der Waals surface area (Å²) in [4.78, 5) is 4.21. The molecule has 3 heterocycles. The molecule has 0 spiro atoms. The van der Waals surface area contributed by atoms with Crippen molar-refractivity contribution >= 4 is 17.2 Å². The van der Waals surface area contributed by atoms with Gasteiger partial charge in [0.15, 0.2) is 5.65 Å². The van der Waals surface area contributed by atoms with Crippen LogP contribution in [-0.4, -0.2) is 32.8 Å². The van der Waals surface area contributed by atoms with Crippen molar-refractivity contribution in [2.24, 2.45) is 0 Å². The average Bonchev–Trinajstić information content (AvgIpc) is 2.82. The lowest BCUT2D eigenvalue weighted by Crippen LogP contribution is -2.07. The van der Waals surface area contributed by atoms with Gasteiger partial charge in [0.25, 0.3) is 0 Å². The number of halogens is 1. The molecule has 2 aromatic heterocycles. The predicted octanol–water partition coefficient (Wildman–Crippen LogP) is 1.59. The van der Waals surface area contributed by atoms with Gasteiger partial charge in [0.1, 0.15) is 16.8 Å². The van der Waals surface area contributed by atoms with Gasteiger partial charge in [0.05, 0.1) is 6.61 Å². The molecule has 1 atom stereocenters. The molecule has 0 aromatic carbocycles. The highest BCUT2D eigenvalue weighted by Crippen LogP contribution is 2.25. The molecule has 1 aliphatic rings. The summed E-state index contributed by atoms with van der Waals surface area (Å²) in [5.41, 5.74) is 0.749. The van der Waals surface area contributed by atoms with Crippen LogP contribution in [0, 0.1) is 6.92 Å². The van der Waals surface area contributed by atoms with Gasteiger partial charge in [-0.2, -0.15) is 0 Å². The molecule has 0 radical (unpaired) electrons. The first-order chi connectivity index (χ1) is 7.75. The number of fused-ring (bicyclic) bond motifs is 1. The SMILES string of the molecule is Cc1nc(Cl)cc2nnc(C3CCOC3)n12. The standard InChI is InChI=1S/C10H11ClN4O/c1-6-12-8(11)4-9-13-14-10(15(6)9)7-2-3-16-5-7/h4,7H,2-3,5H2,1H3. The molecule has 16 heavy (non-hydrogen) atoms. The summed E-state index contributed by atoms with van der Waals surface area (Å²) in [6, 6.07) is 1.72. The fraction of sp³-hybridized carbons (Fsp3) is 0.500. The van der Waals surface area contributed by atoms with Gasteiger partial charge >= 0.3 is 0 Å². The molecule has 2 aromatic rings. The van der Waals surface area contributed by atoms with Gasteiger partial charge in [-0.3, -0.25) is 4.40 Å². The zero-order chi connectivity index (χ0) is 11.1. The van der Waals surface area contributed by atoms with E-state index in [1.807, 2.05) is 11.3 Å². The maximum atomic E-state index is 5.88. The van der Waals surface area contributed by atoms with E-state index in [0.717, 1.165) is 30.3 Å². The number of hydrogen-bond acceptors (Lipinski definition) is 4. The first-order valence-corrected chi connectivity index (χ1v) is 5.59. The number of aromatic nitrogens is 4. The van der Waals surface area contributed by atoms with Gasteiger partial charge in [0, 0.05) is 18.6 Å². The third-order valence-corrected chi connectivity index (χ3v) is 3.04. The molecule has 1 fully saturated rings. The molecule has 0 N–H and O–H groups in total. The lowest BCUT2D eigenvalue weighted by molar-refractivity contribution is 0.193. The fourth-order valence-corrected chi connectivity index (χ4v) is 2.30. The second-order valence-electron chi connectivity index (χ2n) is 3.94. The number of hydrogen-bond donors (Lipinski definition) is 0. The molecule has 5 nitrogen and oxygen atoms in total. The van der Waals surface area contributed by atoms with Gasteiger partial charge in [-0.1, -0.05) is 11.6 Å². The van der Waals surface area contributed by atoms with Gasteiger partial charge < -0.3 is 4.74 Å². The van der Waals surface area contributed by atoms with Crippen molar-refractivity contribution in [3.8, 4) is 0 Å². The Hall–Kier alpha value is -1.20. The van der Waals surface area contributed by atoms with E-state index in [1.165, 1.54) is 0 Å². The normalized spacial score (nSPS) is 20.8. The van der Waals surface area contributed by atoms with Crippen molar-refractivity contribution in [3.63, 3.8) is 0 Å². The molecule has 3 rings (SSSR count). The van der Waals surface area contributed by atoms with Crippen LogP contribution in [0.2, 0.25) is 5.15 Å². The second-order valence-corrected chi connectivity index (χ2v) is 4.33. The minimum absolute atomic E-state index is 0.316. The van der Waals surface area contributed by atoms with E-state index in [1.54, 1.807) is 6.07 Å². The fourth-order valence-electron chi connectivity index (χ4n) is 2.08. The molecular weight excluding hydrogens is 228 g/mol. The first kappa shape index (κ1) is 9.99. The Labute approximate surface area is 97.4 Å². The molecule has 1 unspecified atom stereocenters. The van der Waals surface area contributed by atoms with Gasteiger partial charge in [-0.25, -0.2) is 4.98 Å². The van der Waals surface area contributed by atoms with Gasteiger partial charge in [-0.15, -0.1) is 10.2 Å². The largest absolute Gasteiger partial charge is 0.381 e. The Balaban J connectivity index is 2.18. The molecule has 1 aliphatic heterocycles. The van der Waals surface area contributed by atoms with Gasteiger partial charge in [0.2, 0.25) is 0 Å². The highest BCUT2D eigenvalue weighted by atomic mass is 35.5. The lowest BCUT2D eigenvalue weighted by atomic mass is 10.1. The van der Waals surface area contributed by atoms with E-state index in [2.05, 4.69) is 15.2 Å². The van der Waals surface area contributed by atoms with Crippen molar-refractivity contribution in [3.05, 3.63) is 22.9 Å². The Kier molecular flexibility index (Phi) is 2.29. The Morgan fingerprint density at radius 2 is 2.38 bits per heavy atom. The van der Waals surface area contributed by atoms with Crippen LogP contribution in [0.3, 0.4) is 0 Å². The van der Waals surface area contributed by atoms with Crippen molar-refractivity contribution in [2.75, 3.05) is 13.2 Å². The quantitative estimate of drug-likeness (QED) is 0.708. The number of nitrogens with zero attached hydrogens (tertiary/aromatic N) is 4. The zero-order valence-electron chi connectivity index (χ0n) is 8.85. The topological polar surface area (TPSA) is 52.3 Å². The highest BCUT2D eigenvalue weighted by molar-refractivity contribution is 6.29. The van der Waals surface area contributed by atoms with E-state index >= 15 is 0 Å². The molecule has 84 valence electrons. The third-order valence-electron chi connectivity index (χ3n) is 2.85. The average molecular weight is 239 g/mol. The Bertz CT molecular complexity index is 533. The summed E-state index contributed by atoms with van der Waals surface area (Å²) in [5, 5.41) is 8.78. The van der Waals surface area contributed by atoms with E-state index in [4.69, 9.17) is 16.3 Å². The van der Waals surface area contributed by atoms with E-state index < -0.39 is 0 Å². The van der Waals surface area contributed by atoms with Crippen molar-refractivity contribution in [1.29, 1.82) is 0 Å². The number of aryl methyl sites for hydroxylation is 1. The number of rotatable bonds is 1. The highest BCUT2D eigenvalue weighted by Gasteiger charge is 2.23. The van der Waals surface area contributed by atoms with Crippen LogP contribution in [-0.2, 0) is 4.74 Å². The third kappa shape index (κ3) is 1.47. The molecule has 1 saturated heterocycles. The Morgan fingerprint density at radius 3 is 3.12 bits per heavy atom. The minimum atomic E-state index is 0.316. The van der Waals surface area contributed by atoms with Crippen molar-refractivity contribution < 1.29 is 4.74 Å². The molecule has 0 amide bonds. The lowest BCUT2D eigenvalue weighted by Gasteiger charge is -2.07. The summed E-state index contributed by atoms with van der Waals surface area (Å²) in [6.07, 6.45) is 0.989. The molecular formula is C10H11ClN4O. The summed E-state index contributed by atoms with van der Waals surface area (Å²) in [5.74, 6) is 2.06.